The summed E-state index contributed by atoms with van der Waals surface area (Å²) in [7, 11) is 3.40. The average Bonchev–Trinajstić information content (AvgIpc) is 3.11. The van der Waals surface area contributed by atoms with Gasteiger partial charge >= 0.3 is 0 Å². The van der Waals surface area contributed by atoms with Crippen LogP contribution in [0.15, 0.2) is 18.2 Å². The third-order valence-electron chi connectivity index (χ3n) is 5.18. The van der Waals surface area contributed by atoms with Crippen molar-refractivity contribution in [1.82, 2.24) is 5.43 Å². The van der Waals surface area contributed by atoms with Crippen molar-refractivity contribution in [2.75, 3.05) is 14.2 Å². The van der Waals surface area contributed by atoms with Crippen molar-refractivity contribution < 1.29 is 9.47 Å². The fraction of sp³-hybridized carbons (Fsp3) is 0.625. The molecule has 3 N–H and O–H groups in total. The van der Waals surface area contributed by atoms with Gasteiger partial charge in [0.25, 0.3) is 0 Å². The highest BCUT2D eigenvalue weighted by Gasteiger charge is 2.44. The first-order valence-electron chi connectivity index (χ1n) is 7.45. The largest absolute Gasteiger partial charge is 0.496 e. The number of fused-ring (bicyclic) bond motifs is 2. The number of hydrazine groups is 1. The Morgan fingerprint density at radius 3 is 2.30 bits per heavy atom. The fourth-order valence-electron chi connectivity index (χ4n) is 4.31. The van der Waals surface area contributed by atoms with Gasteiger partial charge in [-0.05, 0) is 49.1 Å². The van der Waals surface area contributed by atoms with Crippen molar-refractivity contribution in [3.05, 3.63) is 23.8 Å². The summed E-state index contributed by atoms with van der Waals surface area (Å²) >= 11 is 0. The number of ether oxygens (including phenoxy) is 2. The lowest BCUT2D eigenvalue weighted by Crippen LogP contribution is -2.36. The van der Waals surface area contributed by atoms with Gasteiger partial charge in [-0.15, -0.1) is 0 Å². The number of nitrogens with two attached hydrogens (primary N) is 1. The molecular weight excluding hydrogens is 252 g/mol. The molecule has 1 aromatic carbocycles. The van der Waals surface area contributed by atoms with Gasteiger partial charge in [-0.25, -0.2) is 0 Å². The highest BCUT2D eigenvalue weighted by atomic mass is 16.5. The normalized spacial score (nSPS) is 29.4. The SMILES string of the molecule is COc1cccc(OC)c1C(NN)C1CC2CCC1C2. The first-order chi connectivity index (χ1) is 9.78. The topological polar surface area (TPSA) is 56.5 Å². The van der Waals surface area contributed by atoms with Crippen LogP contribution in [-0.2, 0) is 0 Å². The summed E-state index contributed by atoms with van der Waals surface area (Å²) in [5.74, 6) is 9.88. The van der Waals surface area contributed by atoms with E-state index in [0.29, 0.717) is 5.92 Å². The van der Waals surface area contributed by atoms with Crippen LogP contribution in [0.2, 0.25) is 0 Å². The number of methoxy groups -OCH3 is 2. The molecular formula is C16H24N2O2. The molecule has 0 heterocycles. The summed E-state index contributed by atoms with van der Waals surface area (Å²) < 4.78 is 11.1. The molecule has 4 nitrogen and oxygen atoms in total. The zero-order chi connectivity index (χ0) is 14.1. The second-order valence-electron chi connectivity index (χ2n) is 6.06. The number of rotatable bonds is 5. The second kappa shape index (κ2) is 5.62. The van der Waals surface area contributed by atoms with Crippen LogP contribution in [0.4, 0.5) is 0 Å². The maximum Gasteiger partial charge on any atom is 0.127 e. The van der Waals surface area contributed by atoms with Gasteiger partial charge in [-0.3, -0.25) is 11.3 Å². The molecule has 0 spiro atoms. The predicted molar refractivity (Wildman–Crippen MR) is 78.5 cm³/mol. The maximum atomic E-state index is 5.90. The molecule has 2 fully saturated rings. The zero-order valence-electron chi connectivity index (χ0n) is 12.3. The molecule has 0 aliphatic heterocycles. The van der Waals surface area contributed by atoms with Crippen LogP contribution < -0.4 is 20.7 Å². The van der Waals surface area contributed by atoms with Crippen LogP contribution in [0.1, 0.15) is 37.3 Å². The second-order valence-corrected chi connectivity index (χ2v) is 6.06. The molecule has 0 aromatic heterocycles. The third-order valence-corrected chi connectivity index (χ3v) is 5.18. The van der Waals surface area contributed by atoms with Crippen LogP contribution in [0.25, 0.3) is 0 Å². The molecule has 4 heteroatoms. The maximum absolute atomic E-state index is 5.90. The molecule has 4 unspecified atom stereocenters. The number of benzene rings is 1. The molecule has 0 saturated heterocycles. The van der Waals surface area contributed by atoms with Gasteiger partial charge in [-0.1, -0.05) is 12.5 Å². The molecule has 0 radical (unpaired) electrons. The van der Waals surface area contributed by atoms with E-state index in [1.165, 1.54) is 25.7 Å². The van der Waals surface area contributed by atoms with Crippen molar-refractivity contribution >= 4 is 0 Å². The lowest BCUT2D eigenvalue weighted by molar-refractivity contribution is 0.241. The minimum Gasteiger partial charge on any atom is -0.496 e. The zero-order valence-corrected chi connectivity index (χ0v) is 12.3. The molecule has 2 aliphatic rings. The number of nitrogens with one attached hydrogen (secondary N) is 1. The Balaban J connectivity index is 1.96. The summed E-state index contributed by atoms with van der Waals surface area (Å²) in [5, 5.41) is 0. The highest BCUT2D eigenvalue weighted by Crippen LogP contribution is 2.54. The predicted octanol–water partition coefficient (Wildman–Crippen LogP) is 2.64. The summed E-state index contributed by atoms with van der Waals surface area (Å²) in [6.07, 6.45) is 5.35. The summed E-state index contributed by atoms with van der Waals surface area (Å²) in [5.41, 5.74) is 4.10. The molecule has 0 amide bonds. The fourth-order valence-corrected chi connectivity index (χ4v) is 4.31. The molecule has 2 aliphatic carbocycles. The molecule has 2 bridgehead atoms. The summed E-state index contributed by atoms with van der Waals surface area (Å²) in [4.78, 5) is 0. The van der Waals surface area contributed by atoms with E-state index in [4.69, 9.17) is 15.3 Å². The van der Waals surface area contributed by atoms with Crippen molar-refractivity contribution in [3.63, 3.8) is 0 Å². The van der Waals surface area contributed by atoms with Gasteiger partial charge in [-0.2, -0.15) is 0 Å². The van der Waals surface area contributed by atoms with E-state index < -0.39 is 0 Å². The van der Waals surface area contributed by atoms with Gasteiger partial charge in [0.15, 0.2) is 0 Å². The van der Waals surface area contributed by atoms with Crippen molar-refractivity contribution in [2.24, 2.45) is 23.6 Å². The monoisotopic (exact) mass is 276 g/mol. The van der Waals surface area contributed by atoms with Gasteiger partial charge in [0.2, 0.25) is 0 Å². The van der Waals surface area contributed by atoms with Crippen LogP contribution in [-0.4, -0.2) is 14.2 Å². The van der Waals surface area contributed by atoms with Gasteiger partial charge in [0.1, 0.15) is 11.5 Å². The van der Waals surface area contributed by atoms with Crippen LogP contribution in [0.3, 0.4) is 0 Å². The van der Waals surface area contributed by atoms with Crippen molar-refractivity contribution in [2.45, 2.75) is 31.7 Å². The van der Waals surface area contributed by atoms with Crippen molar-refractivity contribution in [3.8, 4) is 11.5 Å². The van der Waals surface area contributed by atoms with E-state index >= 15 is 0 Å². The highest BCUT2D eigenvalue weighted by molar-refractivity contribution is 5.47. The molecule has 4 atom stereocenters. The lowest BCUT2D eigenvalue weighted by atomic mass is 9.80. The Hall–Kier alpha value is -1.26. The number of hydrogen-bond donors (Lipinski definition) is 2. The van der Waals surface area contributed by atoms with Crippen LogP contribution >= 0.6 is 0 Å². The minimum atomic E-state index is 0.108. The van der Waals surface area contributed by atoms with E-state index in [-0.39, 0.29) is 6.04 Å². The summed E-state index contributed by atoms with van der Waals surface area (Å²) in [6, 6.07) is 6.02. The standard InChI is InChI=1S/C16H24N2O2/c1-19-13-4-3-5-14(20-2)15(13)16(18-17)12-9-10-6-7-11(12)8-10/h3-5,10-12,16,18H,6-9,17H2,1-2H3. The average molecular weight is 276 g/mol. The Labute approximate surface area is 120 Å². The molecule has 110 valence electrons. The molecule has 1 aromatic rings. The van der Waals surface area contributed by atoms with E-state index in [0.717, 1.165) is 28.9 Å². The van der Waals surface area contributed by atoms with E-state index in [1.807, 2.05) is 18.2 Å². The first kappa shape index (κ1) is 13.7. The molecule has 2 saturated carbocycles. The summed E-state index contributed by atoms with van der Waals surface area (Å²) in [6.45, 7) is 0. The van der Waals surface area contributed by atoms with Gasteiger partial charge in [0.05, 0.1) is 25.8 Å². The van der Waals surface area contributed by atoms with Gasteiger partial charge < -0.3 is 9.47 Å². The third kappa shape index (κ3) is 2.17. The van der Waals surface area contributed by atoms with E-state index in [2.05, 4.69) is 5.43 Å². The number of hydrogen-bond acceptors (Lipinski definition) is 4. The smallest absolute Gasteiger partial charge is 0.127 e. The Morgan fingerprint density at radius 2 is 1.85 bits per heavy atom. The van der Waals surface area contributed by atoms with Crippen LogP contribution in [0, 0.1) is 17.8 Å². The van der Waals surface area contributed by atoms with Gasteiger partial charge in [0, 0.05) is 0 Å². The van der Waals surface area contributed by atoms with Crippen LogP contribution in [0.5, 0.6) is 11.5 Å². The first-order valence-corrected chi connectivity index (χ1v) is 7.45. The molecule has 20 heavy (non-hydrogen) atoms. The Morgan fingerprint density at radius 1 is 1.15 bits per heavy atom. The van der Waals surface area contributed by atoms with E-state index in [9.17, 15) is 0 Å². The van der Waals surface area contributed by atoms with Crippen molar-refractivity contribution in [1.29, 1.82) is 0 Å². The Bertz CT molecular complexity index is 455. The quantitative estimate of drug-likeness (QED) is 0.641. The Kier molecular flexibility index (Phi) is 3.85. The lowest BCUT2D eigenvalue weighted by Gasteiger charge is -2.32. The van der Waals surface area contributed by atoms with E-state index in [1.54, 1.807) is 14.2 Å². The molecule has 3 rings (SSSR count). The minimum absolute atomic E-state index is 0.108.